The van der Waals surface area contributed by atoms with Crippen LogP contribution in [-0.2, 0) is 33.6 Å². The van der Waals surface area contributed by atoms with Crippen molar-refractivity contribution in [1.29, 1.82) is 0 Å². The fourth-order valence-corrected chi connectivity index (χ4v) is 4.51. The first-order valence-corrected chi connectivity index (χ1v) is 15.3. The highest BCUT2D eigenvalue weighted by molar-refractivity contribution is 6.07. The summed E-state index contributed by atoms with van der Waals surface area (Å²) in [6.45, 7) is 3.15. The van der Waals surface area contributed by atoms with Gasteiger partial charge in [0.2, 0.25) is 23.6 Å². The topological polar surface area (TPSA) is 274 Å². The van der Waals surface area contributed by atoms with Gasteiger partial charge in [0, 0.05) is 12.8 Å². The lowest BCUT2D eigenvalue weighted by Crippen LogP contribution is -2.56. The molecule has 15 heteroatoms. The number of carbonyl (C=O) groups excluding carboxylic acids is 5. The minimum absolute atomic E-state index is 0.119. The van der Waals surface area contributed by atoms with Gasteiger partial charge in [-0.05, 0) is 39.0 Å². The maximum absolute atomic E-state index is 12.8. The van der Waals surface area contributed by atoms with Crippen LogP contribution in [0.25, 0.3) is 0 Å². The molecular formula is C29H52N6O9. The number of rotatable bonds is 27. The van der Waals surface area contributed by atoms with E-state index in [1.165, 1.54) is 39.0 Å². The van der Waals surface area contributed by atoms with Crippen molar-refractivity contribution in [3.05, 3.63) is 0 Å². The van der Waals surface area contributed by atoms with Gasteiger partial charge >= 0.3 is 11.9 Å². The fourth-order valence-electron chi connectivity index (χ4n) is 4.51. The molecule has 0 fully saturated rings. The predicted molar refractivity (Wildman–Crippen MR) is 162 cm³/mol. The predicted octanol–water partition coefficient (Wildman–Crippen LogP) is 0.212. The van der Waals surface area contributed by atoms with Crippen LogP contribution in [0, 0.1) is 0 Å². The zero-order chi connectivity index (χ0) is 34.4. The van der Waals surface area contributed by atoms with Gasteiger partial charge in [-0.1, -0.05) is 58.3 Å². The highest BCUT2D eigenvalue weighted by atomic mass is 16.4. The van der Waals surface area contributed by atoms with Gasteiger partial charge in [-0.2, -0.15) is 0 Å². The molecule has 15 nitrogen and oxygen atoms in total. The van der Waals surface area contributed by atoms with Crippen LogP contribution in [0.2, 0.25) is 1.41 Å². The molecule has 11 N–H and O–H groups in total. The van der Waals surface area contributed by atoms with Crippen molar-refractivity contribution in [2.24, 2.45) is 17.2 Å². The second kappa shape index (κ2) is 22.0. The second-order valence-electron chi connectivity index (χ2n) is 11.1. The first kappa shape index (κ1) is 38.4. The molecule has 0 aliphatic heterocycles. The number of nitrogens with one attached hydrogen (secondary N) is 3. The summed E-state index contributed by atoms with van der Waals surface area (Å²) in [4.78, 5) is 84.6. The van der Waals surface area contributed by atoms with Crippen molar-refractivity contribution in [1.82, 2.24) is 16.0 Å². The van der Waals surface area contributed by atoms with E-state index in [1.807, 2.05) is 5.73 Å². The average Bonchev–Trinajstić information content (AvgIpc) is 2.97. The summed E-state index contributed by atoms with van der Waals surface area (Å²) in [5.74, 6) is -6.88. The maximum Gasteiger partial charge on any atom is 0.331 e. The Balaban J connectivity index is 4.84. The normalized spacial score (nSPS) is 14.7. The van der Waals surface area contributed by atoms with E-state index in [0.717, 1.165) is 19.3 Å². The number of carboxylic acids is 2. The van der Waals surface area contributed by atoms with Crippen LogP contribution in [0.4, 0.5) is 0 Å². The van der Waals surface area contributed by atoms with E-state index < -0.39 is 84.9 Å². The molecule has 0 aromatic rings. The van der Waals surface area contributed by atoms with E-state index >= 15 is 0 Å². The van der Waals surface area contributed by atoms with Gasteiger partial charge in [-0.3, -0.25) is 24.0 Å². The van der Waals surface area contributed by atoms with Crippen LogP contribution >= 0.6 is 0 Å². The molecule has 0 aliphatic carbocycles. The SMILES string of the molecule is [2H]NCC(=O)NC(CCCC(N)(C(=O)O)C(=O)CC[C@@H](NC(=O)[C@H](C)NC(=O)CCCCCCCCCCC)C(=O)O)C(N)=O. The van der Waals surface area contributed by atoms with Gasteiger partial charge in [0.15, 0.2) is 11.3 Å². The first-order chi connectivity index (χ1) is 21.2. The van der Waals surface area contributed by atoms with Gasteiger partial charge in [0.1, 0.15) is 19.5 Å². The lowest BCUT2D eigenvalue weighted by molar-refractivity contribution is -0.149. The number of primary amides is 1. The number of ketones is 1. The van der Waals surface area contributed by atoms with E-state index in [1.54, 1.807) is 0 Å². The average molecular weight is 630 g/mol. The Morgan fingerprint density at radius 2 is 1.36 bits per heavy atom. The summed E-state index contributed by atoms with van der Waals surface area (Å²) >= 11 is 0. The molecule has 0 aromatic carbocycles. The summed E-state index contributed by atoms with van der Waals surface area (Å²) in [6.07, 6.45) is 8.21. The van der Waals surface area contributed by atoms with Crippen molar-refractivity contribution in [2.75, 3.05) is 6.54 Å². The zero-order valence-electron chi connectivity index (χ0n) is 27.0. The quantitative estimate of drug-likeness (QED) is 0.0449. The monoisotopic (exact) mass is 629 g/mol. The van der Waals surface area contributed by atoms with Crippen molar-refractivity contribution in [3.8, 4) is 0 Å². The molecule has 0 radical (unpaired) electrons. The zero-order valence-corrected chi connectivity index (χ0v) is 26.0. The van der Waals surface area contributed by atoms with Crippen molar-refractivity contribution in [2.45, 2.75) is 134 Å². The Morgan fingerprint density at radius 3 is 1.89 bits per heavy atom. The molecule has 0 aromatic heterocycles. The Labute approximate surface area is 260 Å². The summed E-state index contributed by atoms with van der Waals surface area (Å²) in [6, 6.07) is -3.80. The third kappa shape index (κ3) is 16.3. The van der Waals surface area contributed by atoms with Crippen LogP contribution < -0.4 is 33.1 Å². The van der Waals surface area contributed by atoms with Gasteiger partial charge < -0.3 is 43.4 Å². The lowest BCUT2D eigenvalue weighted by atomic mass is 9.85. The molecule has 44 heavy (non-hydrogen) atoms. The highest BCUT2D eigenvalue weighted by Crippen LogP contribution is 2.18. The molecule has 0 aliphatic rings. The Hall–Kier alpha value is -3.59. The van der Waals surface area contributed by atoms with Crippen LogP contribution in [0.1, 0.15) is 110 Å². The van der Waals surface area contributed by atoms with E-state index in [4.69, 9.17) is 12.9 Å². The van der Waals surface area contributed by atoms with Crippen molar-refractivity contribution < 1.29 is 45.2 Å². The number of unbranched alkanes of at least 4 members (excludes halogenated alkanes) is 8. The smallest absolute Gasteiger partial charge is 0.331 e. The molecule has 0 saturated heterocycles. The highest BCUT2D eigenvalue weighted by Gasteiger charge is 2.41. The number of carbonyl (C=O) groups is 7. The number of nitrogens with two attached hydrogens (primary N) is 3. The summed E-state index contributed by atoms with van der Waals surface area (Å²) in [5, 5.41) is 26.3. The maximum atomic E-state index is 12.8. The summed E-state index contributed by atoms with van der Waals surface area (Å²) in [5.41, 5.74) is 10.6. The summed E-state index contributed by atoms with van der Waals surface area (Å²) < 4.78 is 6.81. The Morgan fingerprint density at radius 1 is 0.773 bits per heavy atom. The number of Topliss-reactive ketones (excluding diaryl/α,β-unsaturated/α-hetero) is 1. The van der Waals surface area contributed by atoms with Gasteiger partial charge in [0.05, 0.1) is 6.54 Å². The van der Waals surface area contributed by atoms with E-state index in [0.29, 0.717) is 6.42 Å². The molecule has 0 rings (SSSR count). The molecule has 0 saturated carbocycles. The fraction of sp³-hybridized carbons (Fsp3) is 0.759. The lowest BCUT2D eigenvalue weighted by Gasteiger charge is -2.25. The standard InChI is InChI=1S/C29H52N6O9/c1-3-4-5-6-7-8-9-10-11-14-23(37)33-19(2)26(40)35-21(27(41)42)15-16-22(36)29(32,28(43)44)17-12-13-20(25(31)39)34-24(38)18-30/h19-21H,3-18,30,32H2,1-2H3,(H2,31,39)(H,33,37)(H,34,38)(H,35,40)(H,41,42)(H,43,44)/t19-,20?,21+,29?/m0/s1/i/hD. The third-order valence-electron chi connectivity index (χ3n) is 7.34. The van der Waals surface area contributed by atoms with E-state index in [-0.39, 0.29) is 25.2 Å². The van der Waals surface area contributed by atoms with E-state index in [9.17, 15) is 43.8 Å². The Bertz CT molecular complexity index is 999. The van der Waals surface area contributed by atoms with Gasteiger partial charge in [-0.25, -0.2) is 9.59 Å². The largest absolute Gasteiger partial charge is 0.480 e. The molecule has 4 atom stereocenters. The Kier molecular flexibility index (Phi) is 19.2. The van der Waals surface area contributed by atoms with Crippen molar-refractivity contribution >= 4 is 41.4 Å². The van der Waals surface area contributed by atoms with Gasteiger partial charge in [-0.15, -0.1) is 0 Å². The minimum Gasteiger partial charge on any atom is -0.480 e. The van der Waals surface area contributed by atoms with Crippen LogP contribution in [-0.4, -0.2) is 81.8 Å². The first-order valence-electron chi connectivity index (χ1n) is 15.8. The molecule has 0 bridgehead atoms. The minimum atomic E-state index is -2.43. The van der Waals surface area contributed by atoms with Gasteiger partial charge in [0.25, 0.3) is 0 Å². The molecule has 252 valence electrons. The summed E-state index contributed by atoms with van der Waals surface area (Å²) in [7, 11) is 0. The van der Waals surface area contributed by atoms with Crippen molar-refractivity contribution in [3.63, 3.8) is 0 Å². The number of carboxylic acid groups (broad SMARTS) is 2. The molecule has 2 unspecified atom stereocenters. The second-order valence-corrected chi connectivity index (χ2v) is 11.1. The molecule has 4 amide bonds. The van der Waals surface area contributed by atoms with Crippen LogP contribution in [0.3, 0.4) is 0 Å². The number of hydrogen-bond donors (Lipinski definition) is 8. The van der Waals surface area contributed by atoms with Crippen LogP contribution in [0.5, 0.6) is 0 Å². The number of aliphatic carboxylic acids is 2. The third-order valence-corrected chi connectivity index (χ3v) is 7.34. The van der Waals surface area contributed by atoms with E-state index in [2.05, 4.69) is 22.9 Å². The molecule has 0 spiro atoms. The number of hydrogen-bond acceptors (Lipinski definition) is 9. The van der Waals surface area contributed by atoms with Crippen LogP contribution in [0.15, 0.2) is 0 Å². The molecular weight excluding hydrogens is 576 g/mol. The molecule has 0 heterocycles. The number of amides is 4.